The largest absolute Gasteiger partial charge is 0.329 e. The van der Waals surface area contributed by atoms with E-state index in [-0.39, 0.29) is 0 Å². The molecule has 0 amide bonds. The summed E-state index contributed by atoms with van der Waals surface area (Å²) in [6.45, 7) is 5.31. The van der Waals surface area contributed by atoms with Gasteiger partial charge in [-0.3, -0.25) is 4.90 Å². The lowest BCUT2D eigenvalue weighted by Crippen LogP contribution is -2.50. The van der Waals surface area contributed by atoms with Crippen molar-refractivity contribution in [3.63, 3.8) is 0 Å². The van der Waals surface area contributed by atoms with Crippen LogP contribution in [0.2, 0.25) is 0 Å². The number of likely N-dealkylation sites (tertiary alicyclic amines) is 1. The fourth-order valence-corrected chi connectivity index (χ4v) is 3.70. The fourth-order valence-electron chi connectivity index (χ4n) is 3.70. The standard InChI is InChI=1S/C18H29N3/c19-9-10-21-13-17(16-7-2-1-3-8-16)11-18(14-21)20-12-15-5-4-6-15/h1-3,7-8,15,17-18,20H,4-6,9-14,19H2. The predicted molar refractivity (Wildman–Crippen MR) is 88.4 cm³/mol. The van der Waals surface area contributed by atoms with Gasteiger partial charge >= 0.3 is 0 Å². The summed E-state index contributed by atoms with van der Waals surface area (Å²) in [6.07, 6.45) is 5.55. The molecule has 116 valence electrons. The molecule has 0 radical (unpaired) electrons. The SMILES string of the molecule is NCCN1CC(NCC2CCC2)CC(c2ccccc2)C1. The van der Waals surface area contributed by atoms with Crippen molar-refractivity contribution in [2.24, 2.45) is 11.7 Å². The van der Waals surface area contributed by atoms with Crippen LogP contribution in [0.1, 0.15) is 37.2 Å². The molecule has 2 aliphatic rings. The Morgan fingerprint density at radius 1 is 1.14 bits per heavy atom. The van der Waals surface area contributed by atoms with Gasteiger partial charge in [-0.25, -0.2) is 0 Å². The number of piperidine rings is 1. The maximum Gasteiger partial charge on any atom is 0.0201 e. The van der Waals surface area contributed by atoms with Gasteiger partial charge in [0.1, 0.15) is 0 Å². The smallest absolute Gasteiger partial charge is 0.0201 e. The van der Waals surface area contributed by atoms with E-state index in [9.17, 15) is 0 Å². The Labute approximate surface area is 128 Å². The predicted octanol–water partition coefficient (Wildman–Crippen LogP) is 2.19. The summed E-state index contributed by atoms with van der Waals surface area (Å²) in [6, 6.07) is 11.6. The summed E-state index contributed by atoms with van der Waals surface area (Å²) in [4.78, 5) is 2.54. The zero-order valence-corrected chi connectivity index (χ0v) is 13.0. The monoisotopic (exact) mass is 287 g/mol. The number of nitrogens with zero attached hydrogens (tertiary/aromatic N) is 1. The molecule has 1 heterocycles. The molecule has 2 fully saturated rings. The van der Waals surface area contributed by atoms with Crippen LogP contribution < -0.4 is 11.1 Å². The molecule has 1 aromatic rings. The second-order valence-corrected chi connectivity index (χ2v) is 6.79. The summed E-state index contributed by atoms with van der Waals surface area (Å²) < 4.78 is 0. The number of hydrogen-bond donors (Lipinski definition) is 2. The number of nitrogens with one attached hydrogen (secondary N) is 1. The lowest BCUT2D eigenvalue weighted by Gasteiger charge is -2.39. The van der Waals surface area contributed by atoms with Gasteiger partial charge in [0.15, 0.2) is 0 Å². The molecule has 1 aromatic carbocycles. The van der Waals surface area contributed by atoms with Crippen LogP contribution in [0.25, 0.3) is 0 Å². The number of benzene rings is 1. The molecule has 0 spiro atoms. The van der Waals surface area contributed by atoms with E-state index in [4.69, 9.17) is 5.73 Å². The first-order chi connectivity index (χ1) is 10.3. The second kappa shape index (κ2) is 7.39. The van der Waals surface area contributed by atoms with Crippen molar-refractivity contribution in [3.05, 3.63) is 35.9 Å². The van der Waals surface area contributed by atoms with Crippen molar-refractivity contribution in [3.8, 4) is 0 Å². The highest BCUT2D eigenvalue weighted by Gasteiger charge is 2.28. The third-order valence-corrected chi connectivity index (χ3v) is 5.16. The third-order valence-electron chi connectivity index (χ3n) is 5.16. The minimum Gasteiger partial charge on any atom is -0.329 e. The van der Waals surface area contributed by atoms with Crippen LogP contribution in [0.3, 0.4) is 0 Å². The van der Waals surface area contributed by atoms with Crippen molar-refractivity contribution >= 4 is 0 Å². The van der Waals surface area contributed by atoms with E-state index in [1.54, 1.807) is 0 Å². The van der Waals surface area contributed by atoms with E-state index < -0.39 is 0 Å². The molecular formula is C18H29N3. The Morgan fingerprint density at radius 2 is 1.95 bits per heavy atom. The molecule has 0 aromatic heterocycles. The van der Waals surface area contributed by atoms with Crippen molar-refractivity contribution in [1.82, 2.24) is 10.2 Å². The molecule has 0 bridgehead atoms. The van der Waals surface area contributed by atoms with E-state index in [1.165, 1.54) is 37.8 Å². The molecular weight excluding hydrogens is 258 g/mol. The van der Waals surface area contributed by atoms with Gasteiger partial charge in [0.2, 0.25) is 0 Å². The molecule has 1 saturated carbocycles. The molecule has 3 rings (SSSR count). The molecule has 1 aliphatic heterocycles. The Bertz CT molecular complexity index is 416. The lowest BCUT2D eigenvalue weighted by molar-refractivity contribution is 0.166. The summed E-state index contributed by atoms with van der Waals surface area (Å²) in [5.41, 5.74) is 7.26. The maximum atomic E-state index is 5.78. The molecule has 2 unspecified atom stereocenters. The van der Waals surface area contributed by atoms with Crippen LogP contribution in [-0.2, 0) is 0 Å². The van der Waals surface area contributed by atoms with E-state index >= 15 is 0 Å². The average Bonchev–Trinajstić information content (AvgIpc) is 2.47. The van der Waals surface area contributed by atoms with Gasteiger partial charge in [-0.15, -0.1) is 0 Å². The Balaban J connectivity index is 1.60. The van der Waals surface area contributed by atoms with Crippen molar-refractivity contribution in [2.45, 2.75) is 37.6 Å². The van der Waals surface area contributed by atoms with Gasteiger partial charge in [-0.05, 0) is 43.2 Å². The van der Waals surface area contributed by atoms with Gasteiger partial charge in [0.05, 0.1) is 0 Å². The van der Waals surface area contributed by atoms with Crippen molar-refractivity contribution in [2.75, 3.05) is 32.7 Å². The topological polar surface area (TPSA) is 41.3 Å². The molecule has 3 N–H and O–H groups in total. The first kappa shape index (κ1) is 15.0. The van der Waals surface area contributed by atoms with E-state index in [0.29, 0.717) is 12.0 Å². The summed E-state index contributed by atoms with van der Waals surface area (Å²) in [7, 11) is 0. The lowest BCUT2D eigenvalue weighted by atomic mass is 9.84. The van der Waals surface area contributed by atoms with E-state index in [1.807, 2.05) is 0 Å². The van der Waals surface area contributed by atoms with Crippen LogP contribution in [0.4, 0.5) is 0 Å². The fraction of sp³-hybridized carbons (Fsp3) is 0.667. The number of nitrogens with two attached hydrogens (primary N) is 1. The number of rotatable bonds is 6. The average molecular weight is 287 g/mol. The maximum absolute atomic E-state index is 5.78. The molecule has 2 atom stereocenters. The summed E-state index contributed by atoms with van der Waals surface area (Å²) in [5.74, 6) is 1.58. The number of hydrogen-bond acceptors (Lipinski definition) is 3. The highest BCUT2D eigenvalue weighted by atomic mass is 15.2. The highest BCUT2D eigenvalue weighted by Crippen LogP contribution is 2.29. The van der Waals surface area contributed by atoms with Gasteiger partial charge in [-0.2, -0.15) is 0 Å². The summed E-state index contributed by atoms with van der Waals surface area (Å²) in [5, 5.41) is 3.83. The van der Waals surface area contributed by atoms with Crippen LogP contribution in [0.15, 0.2) is 30.3 Å². The Kier molecular flexibility index (Phi) is 5.28. The van der Waals surface area contributed by atoms with Gasteiger partial charge in [0.25, 0.3) is 0 Å². The first-order valence-electron chi connectivity index (χ1n) is 8.56. The van der Waals surface area contributed by atoms with Crippen LogP contribution in [0.5, 0.6) is 0 Å². The third kappa shape index (κ3) is 4.06. The zero-order valence-electron chi connectivity index (χ0n) is 13.0. The Hall–Kier alpha value is -0.900. The normalized spacial score (nSPS) is 27.5. The van der Waals surface area contributed by atoms with Crippen LogP contribution in [-0.4, -0.2) is 43.7 Å². The van der Waals surface area contributed by atoms with Gasteiger partial charge in [0, 0.05) is 32.2 Å². The Morgan fingerprint density at radius 3 is 2.62 bits per heavy atom. The summed E-state index contributed by atoms with van der Waals surface area (Å²) >= 11 is 0. The minimum atomic E-state index is 0.621. The highest BCUT2D eigenvalue weighted by molar-refractivity contribution is 5.21. The molecule has 3 heteroatoms. The van der Waals surface area contributed by atoms with Crippen LogP contribution >= 0.6 is 0 Å². The molecule has 1 aliphatic carbocycles. The molecule has 21 heavy (non-hydrogen) atoms. The zero-order chi connectivity index (χ0) is 14.5. The van der Waals surface area contributed by atoms with Crippen molar-refractivity contribution in [1.29, 1.82) is 0 Å². The van der Waals surface area contributed by atoms with Gasteiger partial charge in [-0.1, -0.05) is 36.8 Å². The van der Waals surface area contributed by atoms with Crippen molar-refractivity contribution < 1.29 is 0 Å². The minimum absolute atomic E-state index is 0.621. The first-order valence-corrected chi connectivity index (χ1v) is 8.56. The molecule has 3 nitrogen and oxygen atoms in total. The van der Waals surface area contributed by atoms with Crippen LogP contribution in [0, 0.1) is 5.92 Å². The van der Waals surface area contributed by atoms with Gasteiger partial charge < -0.3 is 11.1 Å². The quantitative estimate of drug-likeness (QED) is 0.843. The molecule has 1 saturated heterocycles. The van der Waals surface area contributed by atoms with E-state index in [2.05, 4.69) is 40.5 Å². The second-order valence-electron chi connectivity index (χ2n) is 6.79. The van der Waals surface area contributed by atoms with E-state index in [0.717, 1.165) is 32.1 Å².